The molecule has 0 spiro atoms. The van der Waals surface area contributed by atoms with Crippen molar-refractivity contribution in [1.29, 1.82) is 0 Å². The van der Waals surface area contributed by atoms with Gasteiger partial charge in [0.15, 0.2) is 0 Å². The predicted molar refractivity (Wildman–Crippen MR) is 78.7 cm³/mol. The first-order chi connectivity index (χ1) is 2.83. The van der Waals surface area contributed by atoms with Crippen LogP contribution in [0, 0.1) is 0 Å². The van der Waals surface area contributed by atoms with E-state index < -0.39 is 0 Å². The molecule has 0 aliphatic carbocycles. The second-order valence-corrected chi connectivity index (χ2v) is 5.48. The van der Waals surface area contributed by atoms with E-state index in [-0.39, 0.29) is 71.9 Å². The largest absolute Gasteiger partial charge is 0.107 e. The first-order valence-electron chi connectivity index (χ1n) is 2.23. The Kier molecular flexibility index (Phi) is 132. The molecule has 0 rings (SSSR count). The van der Waals surface area contributed by atoms with Crippen LogP contribution >= 0.6 is 71.9 Å². The Hall–Kier alpha value is 3.93. The Balaban J connectivity index is -0.00000000889. The first kappa shape index (κ1) is 29.3. The van der Waals surface area contributed by atoms with Crippen LogP contribution in [0.25, 0.3) is 0 Å². The normalized spacial score (nSPS) is 3.78. The average Bonchev–Trinajstić information content (AvgIpc) is 1.39. The summed E-state index contributed by atoms with van der Waals surface area (Å²) in [6, 6.07) is 0. The van der Waals surface area contributed by atoms with E-state index in [1.165, 1.54) is 57.1 Å². The van der Waals surface area contributed by atoms with Gasteiger partial charge in [0.05, 0.1) is 0 Å². The van der Waals surface area contributed by atoms with Gasteiger partial charge in [-0.3, -0.25) is 0 Å². The smallest absolute Gasteiger partial charge is 0.107 e. The summed E-state index contributed by atoms with van der Waals surface area (Å²) in [5.74, 6) is 0. The van der Waals surface area contributed by atoms with E-state index in [1.807, 2.05) is 0 Å². The second-order valence-electron chi connectivity index (χ2n) is 0.816. The summed E-state index contributed by atoms with van der Waals surface area (Å²) in [5, 5.41) is 0. The van der Waals surface area contributed by atoms with E-state index in [4.69, 9.17) is 0 Å². The molecule has 0 aliphatic rings. The van der Waals surface area contributed by atoms with Crippen molar-refractivity contribution >= 4 is 121 Å². The molecule has 0 aliphatic heterocycles. The molecular weight excluding hydrogens is 658 g/mol. The molecule has 0 atom stereocenters. The van der Waals surface area contributed by atoms with Crippen LogP contribution in [-0.4, -0.2) is 48.7 Å². The van der Waals surface area contributed by atoms with Crippen LogP contribution in [0.4, 0.5) is 0 Å². The molecule has 0 fully saturated rings. The number of halogens is 3. The summed E-state index contributed by atoms with van der Waals surface area (Å²) >= 11 is 2.83. The van der Waals surface area contributed by atoms with Crippen LogP contribution in [0.3, 0.4) is 0 Å². The van der Waals surface area contributed by atoms with Gasteiger partial charge < -0.3 is 0 Å². The Labute approximate surface area is 140 Å². The Morgan fingerprint density at radius 2 is 0.778 bits per heavy atom. The molecule has 56 valence electrons. The van der Waals surface area contributed by atoms with E-state index in [1.54, 1.807) is 0 Å². The van der Waals surface area contributed by atoms with E-state index in [9.17, 15) is 0 Å². The molecule has 0 unspecified atom stereocenters. The van der Waals surface area contributed by atoms with E-state index in [0.717, 1.165) is 0 Å². The molecule has 0 saturated heterocycles. The van der Waals surface area contributed by atoms with Gasteiger partial charge in [0, 0.05) is 0 Å². The van der Waals surface area contributed by atoms with Crippen molar-refractivity contribution in [2.24, 2.45) is 0 Å². The molecule has 5 heteroatoms. The first-order valence-corrected chi connectivity index (χ1v) is 6.89. The van der Waals surface area contributed by atoms with E-state index in [2.05, 4.69) is 13.8 Å². The minimum atomic E-state index is 0. The van der Waals surface area contributed by atoms with Gasteiger partial charge in [0.1, 0.15) is 0 Å². The van der Waals surface area contributed by atoms with Gasteiger partial charge in [-0.1, -0.05) is 0 Å². The second kappa shape index (κ2) is 40.5. The van der Waals surface area contributed by atoms with Gasteiger partial charge in [-0.05, 0) is 0 Å². The molecule has 9 heavy (non-hydrogen) atoms. The molecule has 0 heterocycles. The van der Waals surface area contributed by atoms with Gasteiger partial charge in [0.25, 0.3) is 0 Å². The van der Waals surface area contributed by atoms with Crippen molar-refractivity contribution < 1.29 is 0 Å². The van der Waals surface area contributed by atoms with Crippen LogP contribution in [0.5, 0.6) is 0 Å². The summed E-state index contributed by atoms with van der Waals surface area (Å²) in [5.41, 5.74) is 0. The molecule has 0 aromatic heterocycles. The third-order valence-electron chi connectivity index (χ3n) is 0. The Morgan fingerprint density at radius 3 is 0.778 bits per heavy atom. The minimum absolute atomic E-state index is 0. The zero-order valence-corrected chi connectivity index (χ0v) is 19.4. The number of rotatable bonds is 0. The van der Waals surface area contributed by atoms with Gasteiger partial charge >= 0.3 is 71.0 Å². The van der Waals surface area contributed by atoms with Gasteiger partial charge in [-0.2, -0.15) is 0 Å². The van der Waals surface area contributed by atoms with E-state index >= 15 is 0 Å². The number of hydrogen-bond acceptors (Lipinski definition) is 0. The Morgan fingerprint density at radius 1 is 0.778 bits per heavy atom. The summed E-state index contributed by atoms with van der Waals surface area (Å²) in [6.45, 7) is 4.37. The fourth-order valence-corrected chi connectivity index (χ4v) is 0. The topological polar surface area (TPSA) is 0 Å². The van der Waals surface area contributed by atoms with Gasteiger partial charge in [-0.15, -0.1) is 71.9 Å². The maximum absolute atomic E-state index is 2.18. The van der Waals surface area contributed by atoms with Crippen LogP contribution < -0.4 is 0 Å². The predicted octanol–water partition coefficient (Wildman–Crippen LogP) is 3.04. The van der Waals surface area contributed by atoms with Crippen LogP contribution in [0.2, 0.25) is 8.35 Å². The van der Waals surface area contributed by atoms with Crippen LogP contribution in [-0.2, 0) is 0 Å². The van der Waals surface area contributed by atoms with Crippen LogP contribution in [0.15, 0.2) is 0 Å². The quantitative estimate of drug-likeness (QED) is 0.348. The molecule has 4 radical (unpaired) electrons. The molecule has 0 aromatic carbocycles. The van der Waals surface area contributed by atoms with Crippen LogP contribution in [0.1, 0.15) is 13.8 Å². The third kappa shape index (κ3) is 76.2. The zero-order chi connectivity index (χ0) is 5.41. The standard InChI is InChI=1S/2C2H5.3HI.2In/c2*1-2;;;;;/h2*1H2,2H3;3*1H;;. The molecule has 0 N–H and O–H groups in total. The maximum Gasteiger partial charge on any atom is -0.107 e. The Bertz CT molecular complexity index is 15.8. The average molecular weight is 671 g/mol. The summed E-state index contributed by atoms with van der Waals surface area (Å²) < 4.78 is 2.76. The van der Waals surface area contributed by atoms with E-state index in [0.29, 0.717) is 0 Å². The molecular formula is C4H13I3In2. The van der Waals surface area contributed by atoms with Crippen molar-refractivity contribution in [3.8, 4) is 0 Å². The molecule has 0 nitrogen and oxygen atoms in total. The fourth-order valence-electron chi connectivity index (χ4n) is 0. The molecule has 0 saturated carbocycles. The molecule has 0 aromatic rings. The molecule has 0 amide bonds. The summed E-state index contributed by atoms with van der Waals surface area (Å²) in [6.07, 6.45) is 0. The third-order valence-corrected chi connectivity index (χ3v) is 0. The minimum Gasteiger partial charge on any atom is -0.107 e. The summed E-state index contributed by atoms with van der Waals surface area (Å²) in [4.78, 5) is 0. The van der Waals surface area contributed by atoms with Crippen molar-refractivity contribution in [2.45, 2.75) is 22.2 Å². The fraction of sp³-hybridized carbons (Fsp3) is 1.00. The van der Waals surface area contributed by atoms with Crippen molar-refractivity contribution in [3.63, 3.8) is 0 Å². The van der Waals surface area contributed by atoms with Crippen molar-refractivity contribution in [2.75, 3.05) is 0 Å². The monoisotopic (exact) mass is 672 g/mol. The summed E-state index contributed by atoms with van der Waals surface area (Å²) in [7, 11) is 0. The van der Waals surface area contributed by atoms with Crippen molar-refractivity contribution in [3.05, 3.63) is 0 Å². The SMILES string of the molecule is C[CH2][In].C[CH2][In].I.I.I. The van der Waals surface area contributed by atoms with Crippen molar-refractivity contribution in [1.82, 2.24) is 0 Å². The number of hydrogen-bond donors (Lipinski definition) is 0. The maximum atomic E-state index is 2.18. The zero-order valence-electron chi connectivity index (χ0n) is 5.79. The molecule has 0 bridgehead atoms. The van der Waals surface area contributed by atoms with Gasteiger partial charge in [-0.25, -0.2) is 0 Å². The van der Waals surface area contributed by atoms with Gasteiger partial charge in [0.2, 0.25) is 0 Å².